The van der Waals surface area contributed by atoms with E-state index in [1.165, 1.54) is 0 Å². The van der Waals surface area contributed by atoms with Crippen molar-refractivity contribution >= 4 is 15.7 Å². The van der Waals surface area contributed by atoms with Crippen molar-refractivity contribution in [3.8, 4) is 0 Å². The average molecular weight is 380 g/mol. The molecule has 1 heterocycles. The zero-order valence-corrected chi connectivity index (χ0v) is 16.7. The standard InChI is InChI=1S/C20H29NO4S/c1-15-4-5-17(14-16(15)2)26(24,25)13-6-18(22)21-11-9-20(10-12-21)8-7-19(20,3)23/h4-5,14,23H,6-13H2,1-3H3. The van der Waals surface area contributed by atoms with Crippen LogP contribution in [-0.4, -0.2) is 48.8 Å². The van der Waals surface area contributed by atoms with Gasteiger partial charge in [0, 0.05) is 24.9 Å². The molecule has 1 aromatic carbocycles. The van der Waals surface area contributed by atoms with Crippen molar-refractivity contribution in [2.75, 3.05) is 18.8 Å². The van der Waals surface area contributed by atoms with Gasteiger partial charge in [0.25, 0.3) is 0 Å². The van der Waals surface area contributed by atoms with Crippen LogP contribution in [0.15, 0.2) is 23.1 Å². The van der Waals surface area contributed by atoms with Crippen LogP contribution in [0.5, 0.6) is 0 Å². The Morgan fingerprint density at radius 2 is 1.77 bits per heavy atom. The number of benzene rings is 1. The summed E-state index contributed by atoms with van der Waals surface area (Å²) in [5.41, 5.74) is 1.32. The number of nitrogens with zero attached hydrogens (tertiary/aromatic N) is 1. The highest BCUT2D eigenvalue weighted by Crippen LogP contribution is 2.56. The highest BCUT2D eigenvalue weighted by atomic mass is 32.2. The van der Waals surface area contributed by atoms with Gasteiger partial charge in [-0.05, 0) is 69.7 Å². The lowest BCUT2D eigenvalue weighted by Gasteiger charge is -2.58. The lowest BCUT2D eigenvalue weighted by molar-refractivity contribution is -0.180. The number of carbonyl (C=O) groups excluding carboxylic acids is 1. The Hall–Kier alpha value is -1.40. The monoisotopic (exact) mass is 379 g/mol. The van der Waals surface area contributed by atoms with Gasteiger partial charge in [-0.1, -0.05) is 6.07 Å². The van der Waals surface area contributed by atoms with E-state index < -0.39 is 15.4 Å². The van der Waals surface area contributed by atoms with Gasteiger partial charge in [-0.25, -0.2) is 8.42 Å². The largest absolute Gasteiger partial charge is 0.390 e. The minimum absolute atomic E-state index is 0.0125. The molecule has 1 saturated heterocycles. The third-order valence-corrected chi connectivity index (χ3v) is 8.44. The van der Waals surface area contributed by atoms with E-state index in [0.29, 0.717) is 13.1 Å². The first-order valence-corrected chi connectivity index (χ1v) is 11.0. The molecule has 144 valence electrons. The van der Waals surface area contributed by atoms with Gasteiger partial charge in [-0.3, -0.25) is 4.79 Å². The molecular weight excluding hydrogens is 350 g/mol. The highest BCUT2D eigenvalue weighted by Gasteiger charge is 2.55. The lowest BCUT2D eigenvalue weighted by Crippen LogP contribution is -2.60. The van der Waals surface area contributed by atoms with Crippen LogP contribution in [0.3, 0.4) is 0 Å². The molecule has 1 N–H and O–H groups in total. The second-order valence-corrected chi connectivity index (χ2v) is 10.4. The summed E-state index contributed by atoms with van der Waals surface area (Å²) in [5, 5.41) is 10.4. The molecule has 1 saturated carbocycles. The number of amides is 1. The van der Waals surface area contributed by atoms with Crippen LogP contribution in [0.4, 0.5) is 0 Å². The maximum Gasteiger partial charge on any atom is 0.223 e. The van der Waals surface area contributed by atoms with Crippen molar-refractivity contribution in [2.45, 2.75) is 63.4 Å². The number of rotatable bonds is 4. The second kappa shape index (κ2) is 6.64. The van der Waals surface area contributed by atoms with Gasteiger partial charge < -0.3 is 10.0 Å². The quantitative estimate of drug-likeness (QED) is 0.873. The number of likely N-dealkylation sites (tertiary alicyclic amines) is 1. The number of hydrogen-bond acceptors (Lipinski definition) is 4. The van der Waals surface area contributed by atoms with Crippen LogP contribution in [0.2, 0.25) is 0 Å². The molecular formula is C20H29NO4S. The Kier molecular flexibility index (Phi) is 4.95. The molecule has 5 nitrogen and oxygen atoms in total. The van der Waals surface area contributed by atoms with Gasteiger partial charge >= 0.3 is 0 Å². The van der Waals surface area contributed by atoms with Crippen LogP contribution in [0, 0.1) is 19.3 Å². The predicted octanol–water partition coefficient (Wildman–Crippen LogP) is 2.62. The Morgan fingerprint density at radius 1 is 1.12 bits per heavy atom. The van der Waals surface area contributed by atoms with E-state index in [4.69, 9.17) is 0 Å². The zero-order valence-electron chi connectivity index (χ0n) is 15.9. The predicted molar refractivity (Wildman–Crippen MR) is 101 cm³/mol. The number of sulfone groups is 1. The number of hydrogen-bond donors (Lipinski definition) is 1. The molecule has 6 heteroatoms. The Labute approximate surface area is 156 Å². The van der Waals surface area contributed by atoms with Crippen molar-refractivity contribution in [1.82, 2.24) is 4.90 Å². The second-order valence-electron chi connectivity index (χ2n) is 8.25. The number of aliphatic hydroxyl groups is 1. The summed E-state index contributed by atoms with van der Waals surface area (Å²) in [6, 6.07) is 5.10. The summed E-state index contributed by atoms with van der Waals surface area (Å²) in [7, 11) is -3.46. The third kappa shape index (κ3) is 3.41. The van der Waals surface area contributed by atoms with Gasteiger partial charge in [-0.2, -0.15) is 0 Å². The lowest BCUT2D eigenvalue weighted by atomic mass is 9.53. The van der Waals surface area contributed by atoms with Crippen LogP contribution in [-0.2, 0) is 14.6 Å². The molecule has 0 radical (unpaired) electrons. The fraction of sp³-hybridized carbons (Fsp3) is 0.650. The van der Waals surface area contributed by atoms with Crippen molar-refractivity contribution in [3.05, 3.63) is 29.3 Å². The molecule has 26 heavy (non-hydrogen) atoms. The fourth-order valence-corrected chi connectivity index (χ4v) is 5.53. The molecule has 1 unspecified atom stereocenters. The van der Waals surface area contributed by atoms with Crippen LogP contribution in [0.1, 0.15) is 50.2 Å². The molecule has 1 aliphatic heterocycles. The molecule has 1 atom stereocenters. The normalized spacial score (nSPS) is 25.2. The fourth-order valence-electron chi connectivity index (χ4n) is 4.22. The first-order valence-electron chi connectivity index (χ1n) is 9.37. The maximum absolute atomic E-state index is 12.5. The van der Waals surface area contributed by atoms with E-state index in [9.17, 15) is 18.3 Å². The number of aryl methyl sites for hydroxylation is 2. The highest BCUT2D eigenvalue weighted by molar-refractivity contribution is 7.91. The summed E-state index contributed by atoms with van der Waals surface area (Å²) in [5.74, 6) is -0.264. The van der Waals surface area contributed by atoms with Crippen molar-refractivity contribution in [3.63, 3.8) is 0 Å². The molecule has 0 aromatic heterocycles. The molecule has 0 bridgehead atoms. The number of carbonyl (C=O) groups is 1. The Balaban J connectivity index is 1.56. The topological polar surface area (TPSA) is 74.7 Å². The SMILES string of the molecule is Cc1ccc(S(=O)(=O)CCC(=O)N2CCC3(CC2)CCC3(C)O)cc1C. The maximum atomic E-state index is 12.5. The van der Waals surface area contributed by atoms with Crippen molar-refractivity contribution in [2.24, 2.45) is 5.41 Å². The Morgan fingerprint density at radius 3 is 2.27 bits per heavy atom. The third-order valence-electron chi connectivity index (χ3n) is 6.73. The minimum Gasteiger partial charge on any atom is -0.390 e. The van der Waals surface area contributed by atoms with Gasteiger partial charge in [0.05, 0.1) is 16.2 Å². The minimum atomic E-state index is -3.46. The molecule has 3 rings (SSSR count). The summed E-state index contributed by atoms with van der Waals surface area (Å²) in [4.78, 5) is 14.5. The summed E-state index contributed by atoms with van der Waals surface area (Å²) in [6.45, 7) is 6.94. The van der Waals surface area contributed by atoms with E-state index in [1.807, 2.05) is 20.8 Å². The van der Waals surface area contributed by atoms with E-state index >= 15 is 0 Å². The first-order chi connectivity index (χ1) is 12.1. The molecule has 1 aliphatic carbocycles. The summed E-state index contributed by atoms with van der Waals surface area (Å²) in [6.07, 6.45) is 3.46. The first kappa shape index (κ1) is 19.4. The molecule has 1 amide bonds. The van der Waals surface area contributed by atoms with E-state index in [0.717, 1.165) is 36.8 Å². The molecule has 2 aliphatic rings. The van der Waals surface area contributed by atoms with Crippen molar-refractivity contribution in [1.29, 1.82) is 0 Å². The van der Waals surface area contributed by atoms with Gasteiger partial charge in [0.15, 0.2) is 9.84 Å². The molecule has 1 spiro atoms. The Bertz CT molecular complexity index is 805. The van der Waals surface area contributed by atoms with Crippen LogP contribution >= 0.6 is 0 Å². The van der Waals surface area contributed by atoms with E-state index in [1.54, 1.807) is 23.1 Å². The molecule has 1 aromatic rings. The van der Waals surface area contributed by atoms with Crippen LogP contribution < -0.4 is 0 Å². The van der Waals surface area contributed by atoms with Crippen molar-refractivity contribution < 1.29 is 18.3 Å². The van der Waals surface area contributed by atoms with Gasteiger partial charge in [-0.15, -0.1) is 0 Å². The zero-order chi connectivity index (χ0) is 19.2. The summed E-state index contributed by atoms with van der Waals surface area (Å²) < 4.78 is 25.0. The smallest absolute Gasteiger partial charge is 0.223 e. The van der Waals surface area contributed by atoms with Gasteiger partial charge in [0.2, 0.25) is 5.91 Å². The van der Waals surface area contributed by atoms with E-state index in [2.05, 4.69) is 0 Å². The number of piperidine rings is 1. The average Bonchev–Trinajstić information content (AvgIpc) is 2.61. The molecule has 2 fully saturated rings. The van der Waals surface area contributed by atoms with Crippen LogP contribution in [0.25, 0.3) is 0 Å². The summed E-state index contributed by atoms with van der Waals surface area (Å²) >= 11 is 0. The van der Waals surface area contributed by atoms with Gasteiger partial charge in [0.1, 0.15) is 0 Å². The van der Waals surface area contributed by atoms with E-state index in [-0.39, 0.29) is 28.4 Å².